The number of rotatable bonds is 1. The monoisotopic (exact) mass is 122 g/mol. The molecule has 2 nitrogen and oxygen atoms in total. The minimum atomic E-state index is 0.787. The second-order valence-corrected chi connectivity index (χ2v) is 1.89. The summed E-state index contributed by atoms with van der Waals surface area (Å²) in [5, 5.41) is 11.2. The molecule has 0 saturated carbocycles. The fourth-order valence-corrected chi connectivity index (χ4v) is 0.685. The molecule has 0 saturated heterocycles. The zero-order chi connectivity index (χ0) is 6.69. The van der Waals surface area contributed by atoms with Crippen LogP contribution < -0.4 is 0 Å². The number of hydrogen-bond acceptors (Lipinski definition) is 2. The summed E-state index contributed by atoms with van der Waals surface area (Å²) in [5.41, 5.74) is 0.951. The van der Waals surface area contributed by atoms with Gasteiger partial charge in [-0.3, -0.25) is 0 Å². The maximum atomic E-state index is 10.4. The normalized spacial score (nSPS) is 14.7. The molecular formula is C7H8NO-. The Hall–Kier alpha value is -1.02. The number of allylic oxidation sites excluding steroid dienone is 5. The van der Waals surface area contributed by atoms with Gasteiger partial charge in [-0.1, -0.05) is 24.3 Å². The predicted molar refractivity (Wildman–Crippen MR) is 37.5 cm³/mol. The van der Waals surface area contributed by atoms with E-state index in [-0.39, 0.29) is 0 Å². The molecule has 0 unspecified atom stereocenters. The zero-order valence-corrected chi connectivity index (χ0v) is 5.24. The third kappa shape index (κ3) is 1.74. The third-order valence-corrected chi connectivity index (χ3v) is 1.02. The summed E-state index contributed by atoms with van der Waals surface area (Å²) >= 11 is 0. The second-order valence-electron chi connectivity index (χ2n) is 1.89. The van der Waals surface area contributed by atoms with Crippen LogP contribution in [0.25, 0.3) is 0 Å². The van der Waals surface area contributed by atoms with E-state index >= 15 is 0 Å². The van der Waals surface area contributed by atoms with Gasteiger partial charge >= 0.3 is 0 Å². The number of hydroxylamine groups is 2. The van der Waals surface area contributed by atoms with Crippen LogP contribution >= 0.6 is 0 Å². The molecule has 48 valence electrons. The fourth-order valence-electron chi connectivity index (χ4n) is 0.685. The highest BCUT2D eigenvalue weighted by Gasteiger charge is 1.87. The maximum Gasteiger partial charge on any atom is -0.00456 e. The Morgan fingerprint density at radius 1 is 1.44 bits per heavy atom. The van der Waals surface area contributed by atoms with E-state index < -0.39 is 0 Å². The molecular weight excluding hydrogens is 114 g/mol. The van der Waals surface area contributed by atoms with Gasteiger partial charge in [0.1, 0.15) is 0 Å². The molecule has 0 aromatic rings. The third-order valence-electron chi connectivity index (χ3n) is 1.02. The van der Waals surface area contributed by atoms with Crippen molar-refractivity contribution in [2.75, 3.05) is 7.05 Å². The molecule has 0 spiro atoms. The molecule has 0 atom stereocenters. The molecule has 1 aliphatic rings. The van der Waals surface area contributed by atoms with Crippen LogP contribution in [0.3, 0.4) is 0 Å². The first-order chi connectivity index (χ1) is 4.29. The average Bonchev–Trinajstić information content (AvgIpc) is 2.15. The second kappa shape index (κ2) is 2.51. The zero-order valence-electron chi connectivity index (χ0n) is 5.24. The first kappa shape index (κ1) is 6.11. The van der Waals surface area contributed by atoms with Gasteiger partial charge in [0, 0.05) is 0 Å². The van der Waals surface area contributed by atoms with Gasteiger partial charge in [-0.15, -0.1) is 0 Å². The number of hydrogen-bond donors (Lipinski definition) is 0. The van der Waals surface area contributed by atoms with Crippen molar-refractivity contribution in [2.45, 2.75) is 0 Å². The van der Waals surface area contributed by atoms with E-state index in [1.54, 1.807) is 0 Å². The molecule has 0 fully saturated rings. The van der Waals surface area contributed by atoms with E-state index in [9.17, 15) is 5.21 Å². The van der Waals surface area contributed by atoms with Crippen LogP contribution in [0.2, 0.25) is 0 Å². The minimum absolute atomic E-state index is 0.787. The topological polar surface area (TPSA) is 26.3 Å². The van der Waals surface area contributed by atoms with Crippen LogP contribution in [0.4, 0.5) is 0 Å². The van der Waals surface area contributed by atoms with Crippen LogP contribution in [-0.2, 0) is 0 Å². The molecule has 9 heavy (non-hydrogen) atoms. The van der Waals surface area contributed by atoms with Crippen LogP contribution in [-0.4, -0.2) is 12.1 Å². The summed E-state index contributed by atoms with van der Waals surface area (Å²) in [7, 11) is 1.47. The molecule has 0 N–H and O–H groups in total. The molecule has 1 aliphatic carbocycles. The Kier molecular flexibility index (Phi) is 1.70. The summed E-state index contributed by atoms with van der Waals surface area (Å²) in [6, 6.07) is 0. The Bertz CT molecular complexity index is 163. The fraction of sp³-hybridized carbons (Fsp3) is 0.143. The molecule has 0 aromatic carbocycles. The van der Waals surface area contributed by atoms with E-state index in [4.69, 9.17) is 0 Å². The van der Waals surface area contributed by atoms with Gasteiger partial charge in [-0.25, -0.2) is 0 Å². The largest absolute Gasteiger partial charge is 0.759 e. The Balaban J connectivity index is 2.62. The van der Waals surface area contributed by atoms with Crippen molar-refractivity contribution in [3.63, 3.8) is 0 Å². The molecule has 0 radical (unpaired) electrons. The van der Waals surface area contributed by atoms with Gasteiger partial charge in [0.15, 0.2) is 0 Å². The van der Waals surface area contributed by atoms with Gasteiger partial charge in [0.2, 0.25) is 0 Å². The summed E-state index contributed by atoms with van der Waals surface area (Å²) in [6.45, 7) is 0. The Morgan fingerprint density at radius 3 is 2.44 bits per heavy atom. The SMILES string of the molecule is CN([O-])C=C1C=CC=C1. The van der Waals surface area contributed by atoms with Crippen molar-refractivity contribution >= 4 is 0 Å². The molecule has 0 amide bonds. The van der Waals surface area contributed by atoms with Crippen molar-refractivity contribution in [2.24, 2.45) is 0 Å². The first-order valence-electron chi connectivity index (χ1n) is 2.75. The van der Waals surface area contributed by atoms with Crippen LogP contribution in [0.1, 0.15) is 0 Å². The van der Waals surface area contributed by atoms with Crippen molar-refractivity contribution < 1.29 is 0 Å². The van der Waals surface area contributed by atoms with E-state index in [1.165, 1.54) is 13.2 Å². The van der Waals surface area contributed by atoms with Crippen molar-refractivity contribution in [3.05, 3.63) is 41.3 Å². The molecule has 0 heterocycles. The van der Waals surface area contributed by atoms with E-state index in [2.05, 4.69) is 0 Å². The lowest BCUT2D eigenvalue weighted by Crippen LogP contribution is -1.97. The van der Waals surface area contributed by atoms with Crippen molar-refractivity contribution in [1.29, 1.82) is 0 Å². The standard InChI is InChI=1S/C7H8NO/c1-8(9)6-7-4-2-3-5-7/h2-6H,1H3/q-1. The summed E-state index contributed by atoms with van der Waals surface area (Å²) in [4.78, 5) is 0. The van der Waals surface area contributed by atoms with Gasteiger partial charge in [0.25, 0.3) is 0 Å². The van der Waals surface area contributed by atoms with E-state index in [0.717, 1.165) is 10.6 Å². The highest BCUT2D eigenvalue weighted by atomic mass is 16.5. The van der Waals surface area contributed by atoms with E-state index in [0.29, 0.717) is 0 Å². The molecule has 0 aliphatic heterocycles. The quantitative estimate of drug-likeness (QED) is 0.492. The molecule has 2 heteroatoms. The lowest BCUT2D eigenvalue weighted by molar-refractivity contribution is 0.628. The van der Waals surface area contributed by atoms with Crippen LogP contribution in [0.15, 0.2) is 36.1 Å². The molecule has 0 bridgehead atoms. The predicted octanol–water partition coefficient (Wildman–Crippen LogP) is 1.43. The summed E-state index contributed by atoms with van der Waals surface area (Å²) in [5.74, 6) is 0. The number of nitrogens with zero attached hydrogens (tertiary/aromatic N) is 1. The highest BCUT2D eigenvalue weighted by Crippen LogP contribution is 2.06. The van der Waals surface area contributed by atoms with Crippen LogP contribution in [0, 0.1) is 5.21 Å². The van der Waals surface area contributed by atoms with Crippen molar-refractivity contribution in [3.8, 4) is 0 Å². The molecule has 1 rings (SSSR count). The molecule has 0 aromatic heterocycles. The lowest BCUT2D eigenvalue weighted by atomic mass is 10.3. The lowest BCUT2D eigenvalue weighted by Gasteiger charge is -2.18. The van der Waals surface area contributed by atoms with E-state index in [1.807, 2.05) is 24.3 Å². The Morgan fingerprint density at radius 2 is 2.00 bits per heavy atom. The van der Waals surface area contributed by atoms with Crippen molar-refractivity contribution in [1.82, 2.24) is 5.06 Å². The van der Waals surface area contributed by atoms with Gasteiger partial charge in [0.05, 0.1) is 0 Å². The van der Waals surface area contributed by atoms with Gasteiger partial charge < -0.3 is 10.3 Å². The van der Waals surface area contributed by atoms with Crippen LogP contribution in [0.5, 0.6) is 0 Å². The van der Waals surface area contributed by atoms with Gasteiger partial charge in [-0.05, 0) is 18.8 Å². The first-order valence-corrected chi connectivity index (χ1v) is 2.75. The summed E-state index contributed by atoms with van der Waals surface area (Å²) < 4.78 is 0. The average molecular weight is 122 g/mol. The smallest absolute Gasteiger partial charge is 0.00456 e. The minimum Gasteiger partial charge on any atom is -0.759 e. The van der Waals surface area contributed by atoms with Gasteiger partial charge in [-0.2, -0.15) is 0 Å². The maximum absolute atomic E-state index is 10.4. The summed E-state index contributed by atoms with van der Waals surface area (Å²) in [6.07, 6.45) is 9.09. The highest BCUT2D eigenvalue weighted by molar-refractivity contribution is 5.39. The Labute approximate surface area is 54.4 Å².